The van der Waals surface area contributed by atoms with Gasteiger partial charge in [0.15, 0.2) is 0 Å². The van der Waals surface area contributed by atoms with Crippen molar-refractivity contribution in [2.24, 2.45) is 5.92 Å². The van der Waals surface area contributed by atoms with Crippen molar-refractivity contribution in [3.8, 4) is 0 Å². The minimum atomic E-state index is -0.672. The number of hydrogen-bond donors (Lipinski definition) is 0. The van der Waals surface area contributed by atoms with Crippen LogP contribution in [0, 0.1) is 5.92 Å². The van der Waals surface area contributed by atoms with Gasteiger partial charge in [-0.2, -0.15) is 0 Å². The highest BCUT2D eigenvalue weighted by molar-refractivity contribution is 5.81. The third-order valence-corrected chi connectivity index (χ3v) is 3.24. The van der Waals surface area contributed by atoms with E-state index in [4.69, 9.17) is 9.47 Å². The van der Waals surface area contributed by atoms with Gasteiger partial charge in [-0.3, -0.25) is 9.88 Å². The maximum atomic E-state index is 12.4. The van der Waals surface area contributed by atoms with Crippen LogP contribution in [0.25, 0.3) is 0 Å². The molecule has 1 rings (SSSR count). The van der Waals surface area contributed by atoms with Crippen molar-refractivity contribution in [2.45, 2.75) is 59.3 Å². The average Bonchev–Trinajstić information content (AvgIpc) is 2.48. The van der Waals surface area contributed by atoms with Crippen LogP contribution in [0.15, 0.2) is 24.5 Å². The lowest BCUT2D eigenvalue weighted by Gasteiger charge is -2.30. The molecule has 0 aliphatic carbocycles. The highest BCUT2D eigenvalue weighted by atomic mass is 16.6. The lowest BCUT2D eigenvalue weighted by molar-refractivity contribution is -0.161. The Labute approximate surface area is 144 Å². The summed E-state index contributed by atoms with van der Waals surface area (Å²) < 4.78 is 10.7. The largest absolute Gasteiger partial charge is 0.458 e. The zero-order valence-electron chi connectivity index (χ0n) is 15.4. The molecule has 6 heteroatoms. The van der Waals surface area contributed by atoms with E-state index in [1.807, 2.05) is 13.8 Å². The zero-order valence-corrected chi connectivity index (χ0v) is 15.4. The summed E-state index contributed by atoms with van der Waals surface area (Å²) in [5.74, 6) is -0.183. The summed E-state index contributed by atoms with van der Waals surface area (Å²) in [5, 5.41) is 0. The molecule has 6 nitrogen and oxygen atoms in total. The lowest BCUT2D eigenvalue weighted by Crippen LogP contribution is -2.46. The van der Waals surface area contributed by atoms with Gasteiger partial charge in [0.25, 0.3) is 0 Å². The summed E-state index contributed by atoms with van der Waals surface area (Å²) >= 11 is 0. The summed E-state index contributed by atoms with van der Waals surface area (Å²) in [7, 11) is 1.56. The second-order valence-electron chi connectivity index (χ2n) is 7.20. The van der Waals surface area contributed by atoms with E-state index in [-0.39, 0.29) is 12.5 Å². The van der Waals surface area contributed by atoms with E-state index < -0.39 is 23.7 Å². The van der Waals surface area contributed by atoms with Crippen molar-refractivity contribution < 1.29 is 19.1 Å². The first-order valence-corrected chi connectivity index (χ1v) is 8.11. The fourth-order valence-electron chi connectivity index (χ4n) is 2.08. The van der Waals surface area contributed by atoms with Gasteiger partial charge in [-0.05, 0) is 50.8 Å². The molecule has 24 heavy (non-hydrogen) atoms. The molecule has 0 unspecified atom stereocenters. The Hall–Kier alpha value is -2.11. The van der Waals surface area contributed by atoms with Gasteiger partial charge < -0.3 is 9.47 Å². The number of esters is 1. The number of rotatable bonds is 6. The van der Waals surface area contributed by atoms with Gasteiger partial charge in [-0.25, -0.2) is 9.59 Å². The minimum Gasteiger partial charge on any atom is -0.458 e. The topological polar surface area (TPSA) is 68.7 Å². The summed E-state index contributed by atoms with van der Waals surface area (Å²) in [6.07, 6.45) is 3.23. The third-order valence-electron chi connectivity index (χ3n) is 3.24. The normalized spacial score (nSPS) is 12.6. The van der Waals surface area contributed by atoms with Crippen molar-refractivity contribution in [3.63, 3.8) is 0 Å². The van der Waals surface area contributed by atoms with E-state index in [0.29, 0.717) is 6.42 Å². The molecule has 1 aromatic heterocycles. The number of carbonyl (C=O) groups is 2. The Bertz CT molecular complexity index is 538. The van der Waals surface area contributed by atoms with Crippen LogP contribution in [-0.2, 0) is 20.9 Å². The van der Waals surface area contributed by atoms with Crippen molar-refractivity contribution in [1.82, 2.24) is 9.88 Å². The SMILES string of the molecule is CC(C)C[C@@H](C(=O)OC(C)(C)C)N(C)C(=O)OCc1ccncc1. The highest BCUT2D eigenvalue weighted by Crippen LogP contribution is 2.17. The summed E-state index contributed by atoms with van der Waals surface area (Å²) in [5.41, 5.74) is 0.234. The number of amides is 1. The number of aromatic nitrogens is 1. The zero-order chi connectivity index (χ0) is 18.3. The fraction of sp³-hybridized carbons (Fsp3) is 0.611. The molecule has 0 saturated heterocycles. The van der Waals surface area contributed by atoms with Crippen LogP contribution >= 0.6 is 0 Å². The molecule has 0 bridgehead atoms. The first-order chi connectivity index (χ1) is 11.1. The lowest BCUT2D eigenvalue weighted by atomic mass is 10.0. The first kappa shape index (κ1) is 19.9. The predicted molar refractivity (Wildman–Crippen MR) is 91.3 cm³/mol. The Morgan fingerprint density at radius 1 is 1.21 bits per heavy atom. The number of nitrogens with zero attached hydrogens (tertiary/aromatic N) is 2. The van der Waals surface area contributed by atoms with E-state index in [2.05, 4.69) is 4.98 Å². The molecule has 1 amide bonds. The molecule has 0 aromatic carbocycles. The number of ether oxygens (including phenoxy) is 2. The minimum absolute atomic E-state index is 0.133. The Balaban J connectivity index is 2.73. The number of pyridine rings is 1. The van der Waals surface area contributed by atoms with Gasteiger partial charge in [0.05, 0.1) is 0 Å². The second kappa shape index (κ2) is 8.66. The first-order valence-electron chi connectivity index (χ1n) is 8.11. The Morgan fingerprint density at radius 2 is 1.79 bits per heavy atom. The average molecular weight is 336 g/mol. The molecule has 0 fully saturated rings. The molecular formula is C18H28N2O4. The van der Waals surface area contributed by atoms with Gasteiger partial charge in [-0.1, -0.05) is 13.8 Å². The van der Waals surface area contributed by atoms with Crippen molar-refractivity contribution in [2.75, 3.05) is 7.05 Å². The molecule has 1 aromatic rings. The molecule has 134 valence electrons. The van der Waals surface area contributed by atoms with Crippen LogP contribution in [0.3, 0.4) is 0 Å². The van der Waals surface area contributed by atoms with Gasteiger partial charge in [-0.15, -0.1) is 0 Å². The monoisotopic (exact) mass is 336 g/mol. The second-order valence-corrected chi connectivity index (χ2v) is 7.20. The fourth-order valence-corrected chi connectivity index (χ4v) is 2.08. The molecule has 1 atom stereocenters. The summed E-state index contributed by atoms with van der Waals surface area (Å²) in [6, 6.07) is 2.87. The van der Waals surface area contributed by atoms with E-state index in [1.165, 1.54) is 4.90 Å². The van der Waals surface area contributed by atoms with Crippen LogP contribution in [0.1, 0.15) is 46.6 Å². The van der Waals surface area contributed by atoms with Crippen LogP contribution in [0.5, 0.6) is 0 Å². The standard InChI is InChI=1S/C18H28N2O4/c1-13(2)11-15(16(21)24-18(3,4)5)20(6)17(22)23-12-14-7-9-19-10-8-14/h7-10,13,15H,11-12H2,1-6H3/t15-/m0/s1. The molecule has 0 N–H and O–H groups in total. The van der Waals surface area contributed by atoms with Crippen molar-refractivity contribution >= 4 is 12.1 Å². The van der Waals surface area contributed by atoms with Gasteiger partial charge >= 0.3 is 12.1 Å². The van der Waals surface area contributed by atoms with Gasteiger partial charge in [0.1, 0.15) is 18.2 Å². The van der Waals surface area contributed by atoms with Gasteiger partial charge in [0.2, 0.25) is 0 Å². The van der Waals surface area contributed by atoms with E-state index in [0.717, 1.165) is 5.56 Å². The highest BCUT2D eigenvalue weighted by Gasteiger charge is 2.32. The van der Waals surface area contributed by atoms with E-state index in [1.54, 1.807) is 52.3 Å². The maximum Gasteiger partial charge on any atom is 0.410 e. The number of likely N-dealkylation sites (N-methyl/N-ethyl adjacent to an activating group) is 1. The number of hydrogen-bond acceptors (Lipinski definition) is 5. The molecule has 0 aliphatic heterocycles. The Morgan fingerprint density at radius 3 is 2.29 bits per heavy atom. The van der Waals surface area contributed by atoms with Crippen LogP contribution in [0.2, 0.25) is 0 Å². The van der Waals surface area contributed by atoms with Gasteiger partial charge in [0, 0.05) is 19.4 Å². The smallest absolute Gasteiger partial charge is 0.410 e. The molecular weight excluding hydrogens is 308 g/mol. The summed E-state index contributed by atoms with van der Waals surface area (Å²) in [4.78, 5) is 30.0. The Kier molecular flexibility index (Phi) is 7.19. The molecule has 1 heterocycles. The van der Waals surface area contributed by atoms with Crippen molar-refractivity contribution in [1.29, 1.82) is 0 Å². The van der Waals surface area contributed by atoms with Crippen LogP contribution in [-0.4, -0.2) is 40.6 Å². The summed E-state index contributed by atoms with van der Waals surface area (Å²) in [6.45, 7) is 9.53. The van der Waals surface area contributed by atoms with Crippen LogP contribution < -0.4 is 0 Å². The van der Waals surface area contributed by atoms with Crippen molar-refractivity contribution in [3.05, 3.63) is 30.1 Å². The molecule has 0 saturated carbocycles. The molecule has 0 radical (unpaired) electrons. The van der Waals surface area contributed by atoms with E-state index in [9.17, 15) is 9.59 Å². The molecule has 0 aliphatic rings. The van der Waals surface area contributed by atoms with Crippen LogP contribution in [0.4, 0.5) is 4.79 Å². The third kappa shape index (κ3) is 6.98. The molecule has 0 spiro atoms. The quantitative estimate of drug-likeness (QED) is 0.745. The van der Waals surface area contributed by atoms with E-state index >= 15 is 0 Å². The maximum absolute atomic E-state index is 12.4. The number of carbonyl (C=O) groups excluding carboxylic acids is 2. The predicted octanol–water partition coefficient (Wildman–Crippen LogP) is 3.41.